The van der Waals surface area contributed by atoms with Gasteiger partial charge >= 0.3 is 5.97 Å². The molecule has 0 unspecified atom stereocenters. The zero-order chi connectivity index (χ0) is 27.0. The van der Waals surface area contributed by atoms with Crippen LogP contribution in [0, 0.1) is 12.8 Å². The Morgan fingerprint density at radius 1 is 1.11 bits per heavy atom. The number of nitrogens with one attached hydrogen (secondary N) is 1. The number of aryl methyl sites for hydroxylation is 2. The number of hydrogen-bond donors (Lipinski definition) is 1. The lowest BCUT2D eigenvalue weighted by Gasteiger charge is -2.29. The van der Waals surface area contributed by atoms with Crippen LogP contribution in [0.4, 0.5) is 17.2 Å². The molecule has 1 aliphatic heterocycles. The Balaban J connectivity index is 1.33. The number of anilines is 3. The van der Waals surface area contributed by atoms with Crippen molar-refractivity contribution in [2.45, 2.75) is 77.9 Å². The minimum Gasteiger partial charge on any atom is -0.472 e. The van der Waals surface area contributed by atoms with Gasteiger partial charge < -0.3 is 19.7 Å². The van der Waals surface area contributed by atoms with E-state index in [4.69, 9.17) is 14.5 Å². The summed E-state index contributed by atoms with van der Waals surface area (Å²) in [4.78, 5) is 19.9. The molecular weight excluding hydrogens is 546 g/mol. The fraction of sp³-hybridized carbons (Fsp3) is 0.552. The van der Waals surface area contributed by atoms with Gasteiger partial charge in [0.2, 0.25) is 0 Å². The molecule has 0 spiro atoms. The number of rotatable bonds is 6. The van der Waals surface area contributed by atoms with Gasteiger partial charge in [-0.2, -0.15) is 0 Å². The van der Waals surface area contributed by atoms with Crippen LogP contribution >= 0.6 is 15.9 Å². The van der Waals surface area contributed by atoms with E-state index < -0.39 is 5.60 Å². The summed E-state index contributed by atoms with van der Waals surface area (Å²) in [6, 6.07) is 8.40. The molecule has 3 heterocycles. The molecule has 0 radical (unpaired) electrons. The van der Waals surface area contributed by atoms with Crippen molar-refractivity contribution in [2.75, 3.05) is 23.3 Å². The Morgan fingerprint density at radius 2 is 1.82 bits per heavy atom. The Morgan fingerprint density at radius 3 is 2.50 bits per heavy atom. The van der Waals surface area contributed by atoms with E-state index in [2.05, 4.69) is 50.3 Å². The van der Waals surface area contributed by atoms with Gasteiger partial charge in [-0.3, -0.25) is 9.48 Å². The monoisotopic (exact) mass is 583 g/mol. The molecule has 2 aromatic heterocycles. The van der Waals surface area contributed by atoms with Gasteiger partial charge in [-0.15, -0.1) is 5.10 Å². The van der Waals surface area contributed by atoms with Gasteiger partial charge in [0.15, 0.2) is 5.52 Å². The van der Waals surface area contributed by atoms with Crippen LogP contribution in [-0.2, 0) is 16.6 Å². The molecule has 5 rings (SSSR count). The van der Waals surface area contributed by atoms with E-state index in [0.29, 0.717) is 5.88 Å². The summed E-state index contributed by atoms with van der Waals surface area (Å²) < 4.78 is 14.9. The van der Waals surface area contributed by atoms with Gasteiger partial charge in [0.25, 0.3) is 5.88 Å². The van der Waals surface area contributed by atoms with E-state index in [0.717, 1.165) is 65.8 Å². The molecule has 2 fully saturated rings. The number of hydrogen-bond acceptors (Lipinski definition) is 7. The maximum Gasteiger partial charge on any atom is 0.309 e. The van der Waals surface area contributed by atoms with Crippen molar-refractivity contribution in [1.29, 1.82) is 0 Å². The zero-order valence-corrected chi connectivity index (χ0v) is 24.6. The third-order valence-electron chi connectivity index (χ3n) is 7.35. The van der Waals surface area contributed by atoms with E-state index in [9.17, 15) is 4.79 Å². The van der Waals surface area contributed by atoms with Crippen molar-refractivity contribution in [1.82, 2.24) is 14.8 Å². The molecule has 38 heavy (non-hydrogen) atoms. The molecule has 2 aliphatic rings. The second-order valence-corrected chi connectivity index (χ2v) is 12.4. The summed E-state index contributed by atoms with van der Waals surface area (Å²) in [5.74, 6) is 1.13. The number of ether oxygens (including phenoxy) is 2. The number of nitrogens with zero attached hydrogens (tertiary/aromatic N) is 4. The first-order valence-electron chi connectivity index (χ1n) is 13.6. The predicted molar refractivity (Wildman–Crippen MR) is 154 cm³/mol. The number of pyridine rings is 1. The van der Waals surface area contributed by atoms with Crippen LogP contribution in [0.2, 0.25) is 0 Å². The van der Waals surface area contributed by atoms with Gasteiger partial charge in [-0.1, -0.05) is 15.9 Å². The first kappa shape index (κ1) is 26.8. The van der Waals surface area contributed by atoms with E-state index in [1.165, 1.54) is 24.1 Å². The molecule has 1 N–H and O–H groups in total. The van der Waals surface area contributed by atoms with Gasteiger partial charge in [0.1, 0.15) is 17.5 Å². The molecule has 9 heteroatoms. The normalized spacial score (nSPS) is 20.1. The highest BCUT2D eigenvalue weighted by Gasteiger charge is 2.31. The van der Waals surface area contributed by atoms with Crippen LogP contribution in [0.1, 0.15) is 64.9 Å². The number of carbonyl (C=O) groups is 1. The third kappa shape index (κ3) is 5.92. The lowest BCUT2D eigenvalue weighted by Crippen LogP contribution is -2.33. The van der Waals surface area contributed by atoms with Crippen LogP contribution < -0.4 is 15.0 Å². The highest BCUT2D eigenvalue weighted by molar-refractivity contribution is 9.10. The number of fused-ring (bicyclic) bond motifs is 1. The van der Waals surface area contributed by atoms with Crippen LogP contribution in [0.5, 0.6) is 5.88 Å². The number of aromatic nitrogens is 3. The lowest BCUT2D eigenvalue weighted by atomic mass is 9.87. The summed E-state index contributed by atoms with van der Waals surface area (Å²) in [6.45, 7) is 9.96. The summed E-state index contributed by atoms with van der Waals surface area (Å²) in [6.07, 6.45) is 5.52. The van der Waals surface area contributed by atoms with Gasteiger partial charge in [0.05, 0.1) is 22.8 Å². The molecule has 0 bridgehead atoms. The smallest absolute Gasteiger partial charge is 0.309 e. The Bertz CT molecular complexity index is 1320. The number of carbonyl (C=O) groups excluding carboxylic acids is 1. The molecule has 1 saturated carbocycles. The molecule has 204 valence electrons. The SMILES string of the molecule is Cc1cc(Nc2ccc3c(n2)c(O[C@H]2CC[C@H](C(=O)OC(C)(C)C)CC2)nn3C)c(N2CCCC2)cc1Br. The standard InChI is InChI=1S/C29H38BrN5O3/c1-18-16-22(24(17-21(18)30)35-14-6-7-15-35)31-25-13-12-23-26(32-25)27(33-34(23)5)37-20-10-8-19(9-11-20)28(36)38-29(2,3)4/h12-13,16-17,19-20H,6-11,14-15H2,1-5H3,(H,31,32)/t19-,20-. The van der Waals surface area contributed by atoms with Gasteiger partial charge in [-0.25, -0.2) is 4.98 Å². The van der Waals surface area contributed by atoms with E-state index in [1.807, 2.05) is 44.6 Å². The van der Waals surface area contributed by atoms with Crippen molar-refractivity contribution in [3.63, 3.8) is 0 Å². The topological polar surface area (TPSA) is 81.5 Å². The summed E-state index contributed by atoms with van der Waals surface area (Å²) in [7, 11) is 1.91. The average Bonchev–Trinajstić information content (AvgIpc) is 3.49. The van der Waals surface area contributed by atoms with Gasteiger partial charge in [-0.05, 0) is 96.0 Å². The van der Waals surface area contributed by atoms with Gasteiger partial charge in [0, 0.05) is 24.6 Å². The molecule has 1 aromatic carbocycles. The third-order valence-corrected chi connectivity index (χ3v) is 8.20. The van der Waals surface area contributed by atoms with Crippen molar-refractivity contribution in [3.8, 4) is 5.88 Å². The van der Waals surface area contributed by atoms with Crippen LogP contribution in [0.25, 0.3) is 11.0 Å². The van der Waals surface area contributed by atoms with Crippen molar-refractivity contribution >= 4 is 50.1 Å². The Hall–Kier alpha value is -2.81. The first-order valence-corrected chi connectivity index (χ1v) is 14.4. The van der Waals surface area contributed by atoms with E-state index in [-0.39, 0.29) is 18.0 Å². The molecule has 0 amide bonds. The second kappa shape index (κ2) is 10.8. The molecular formula is C29H38BrN5O3. The minimum atomic E-state index is -0.459. The molecule has 1 saturated heterocycles. The summed E-state index contributed by atoms with van der Waals surface area (Å²) in [5.41, 5.74) is 4.60. The molecule has 3 aromatic rings. The van der Waals surface area contributed by atoms with Crippen LogP contribution in [0.15, 0.2) is 28.7 Å². The Kier molecular flexibility index (Phi) is 7.58. The minimum absolute atomic E-state index is 0.00101. The zero-order valence-electron chi connectivity index (χ0n) is 23.0. The van der Waals surface area contributed by atoms with Crippen LogP contribution in [0.3, 0.4) is 0 Å². The van der Waals surface area contributed by atoms with Crippen molar-refractivity contribution < 1.29 is 14.3 Å². The number of benzene rings is 1. The second-order valence-electron chi connectivity index (χ2n) is 11.6. The first-order chi connectivity index (χ1) is 18.1. The van der Waals surface area contributed by atoms with E-state index >= 15 is 0 Å². The number of halogens is 1. The van der Waals surface area contributed by atoms with Crippen LogP contribution in [-0.4, -0.2) is 45.5 Å². The predicted octanol–water partition coefficient (Wildman–Crippen LogP) is 6.66. The molecule has 8 nitrogen and oxygen atoms in total. The molecule has 0 atom stereocenters. The highest BCUT2D eigenvalue weighted by atomic mass is 79.9. The van der Waals surface area contributed by atoms with Crippen molar-refractivity contribution in [3.05, 3.63) is 34.3 Å². The largest absolute Gasteiger partial charge is 0.472 e. The fourth-order valence-electron chi connectivity index (χ4n) is 5.34. The molecule has 1 aliphatic carbocycles. The quantitative estimate of drug-likeness (QED) is 0.325. The average molecular weight is 585 g/mol. The number of esters is 1. The lowest BCUT2D eigenvalue weighted by molar-refractivity contribution is -0.161. The summed E-state index contributed by atoms with van der Waals surface area (Å²) in [5, 5.41) is 8.21. The maximum absolute atomic E-state index is 12.5. The fourth-order valence-corrected chi connectivity index (χ4v) is 5.68. The van der Waals surface area contributed by atoms with E-state index in [1.54, 1.807) is 0 Å². The Labute approximate surface area is 233 Å². The maximum atomic E-state index is 12.5. The van der Waals surface area contributed by atoms with Crippen molar-refractivity contribution in [2.24, 2.45) is 13.0 Å². The summed E-state index contributed by atoms with van der Waals surface area (Å²) >= 11 is 3.71. The highest BCUT2D eigenvalue weighted by Crippen LogP contribution is 2.37.